The number of carbonyl (C=O) groups is 1. The van der Waals surface area contributed by atoms with Crippen molar-refractivity contribution in [3.63, 3.8) is 0 Å². The summed E-state index contributed by atoms with van der Waals surface area (Å²) < 4.78 is 17.6. The Labute approximate surface area is 95.2 Å². The standard InChI is InChI=1S/C12H18O4/c1-8-10-11(9(7-13)14-8)16-12(15-10)5-3-2-4-6-12/h7-11H,2-6H2,1H3/t8?,9?,10-,11+/m0/s1. The quantitative estimate of drug-likeness (QED) is 0.634. The molecule has 1 aliphatic carbocycles. The third-order valence-corrected chi connectivity index (χ3v) is 3.93. The van der Waals surface area contributed by atoms with Crippen LogP contribution in [0.25, 0.3) is 0 Å². The summed E-state index contributed by atoms with van der Waals surface area (Å²) >= 11 is 0. The second-order valence-electron chi connectivity index (χ2n) is 5.08. The summed E-state index contributed by atoms with van der Waals surface area (Å²) in [7, 11) is 0. The van der Waals surface area contributed by atoms with Crippen LogP contribution in [0.4, 0.5) is 0 Å². The number of aldehydes is 1. The lowest BCUT2D eigenvalue weighted by molar-refractivity contribution is -0.220. The summed E-state index contributed by atoms with van der Waals surface area (Å²) in [6.07, 6.45) is 5.58. The van der Waals surface area contributed by atoms with E-state index in [1.807, 2.05) is 6.92 Å². The molecular formula is C12H18O4. The summed E-state index contributed by atoms with van der Waals surface area (Å²) in [6.45, 7) is 1.95. The largest absolute Gasteiger partial charge is 0.362 e. The van der Waals surface area contributed by atoms with Crippen molar-refractivity contribution in [2.24, 2.45) is 0 Å². The van der Waals surface area contributed by atoms with Gasteiger partial charge >= 0.3 is 0 Å². The van der Waals surface area contributed by atoms with E-state index in [0.717, 1.165) is 32.0 Å². The van der Waals surface area contributed by atoms with Crippen LogP contribution in [0.3, 0.4) is 0 Å². The molecule has 0 N–H and O–H groups in total. The summed E-state index contributed by atoms with van der Waals surface area (Å²) in [5.41, 5.74) is 0. The first kappa shape index (κ1) is 10.7. The molecule has 4 heteroatoms. The Balaban J connectivity index is 1.78. The first-order valence-corrected chi connectivity index (χ1v) is 6.20. The highest BCUT2D eigenvalue weighted by Crippen LogP contribution is 2.45. The minimum absolute atomic E-state index is 0.0403. The van der Waals surface area contributed by atoms with E-state index >= 15 is 0 Å². The van der Waals surface area contributed by atoms with Crippen molar-refractivity contribution in [1.29, 1.82) is 0 Å². The molecule has 1 spiro atoms. The highest BCUT2D eigenvalue weighted by atomic mass is 16.8. The molecule has 4 nitrogen and oxygen atoms in total. The van der Waals surface area contributed by atoms with Crippen molar-refractivity contribution in [1.82, 2.24) is 0 Å². The number of fused-ring (bicyclic) bond motifs is 1. The van der Waals surface area contributed by atoms with Gasteiger partial charge in [0.2, 0.25) is 0 Å². The molecule has 0 amide bonds. The minimum Gasteiger partial charge on any atom is -0.362 e. The number of carbonyl (C=O) groups excluding carboxylic acids is 1. The molecule has 0 aromatic heterocycles. The van der Waals surface area contributed by atoms with Gasteiger partial charge in [-0.15, -0.1) is 0 Å². The van der Waals surface area contributed by atoms with Crippen molar-refractivity contribution >= 4 is 6.29 Å². The SMILES string of the molecule is CC1OC(C=O)[C@H]2OC3(CCCCC3)O[C@@H]12. The maximum absolute atomic E-state index is 10.9. The zero-order valence-electron chi connectivity index (χ0n) is 9.56. The average molecular weight is 226 g/mol. The first-order valence-electron chi connectivity index (χ1n) is 6.20. The molecule has 2 aliphatic heterocycles. The van der Waals surface area contributed by atoms with Crippen LogP contribution in [0.5, 0.6) is 0 Å². The van der Waals surface area contributed by atoms with Crippen LogP contribution >= 0.6 is 0 Å². The molecule has 2 saturated heterocycles. The fourth-order valence-electron chi connectivity index (χ4n) is 3.11. The molecule has 2 unspecified atom stereocenters. The molecule has 3 rings (SSSR count). The Morgan fingerprint density at radius 3 is 2.50 bits per heavy atom. The third-order valence-electron chi connectivity index (χ3n) is 3.93. The normalized spacial score (nSPS) is 45.8. The molecule has 0 bridgehead atoms. The molecule has 4 atom stereocenters. The maximum atomic E-state index is 10.9. The molecular weight excluding hydrogens is 208 g/mol. The molecule has 0 radical (unpaired) electrons. The molecule has 2 heterocycles. The van der Waals surface area contributed by atoms with Gasteiger partial charge in [-0.05, 0) is 19.8 Å². The van der Waals surface area contributed by atoms with Crippen molar-refractivity contribution in [2.75, 3.05) is 0 Å². The summed E-state index contributed by atoms with van der Waals surface area (Å²) in [6, 6.07) is 0. The van der Waals surface area contributed by atoms with E-state index in [1.54, 1.807) is 0 Å². The van der Waals surface area contributed by atoms with Crippen LogP contribution in [-0.4, -0.2) is 36.5 Å². The maximum Gasteiger partial charge on any atom is 0.169 e. The van der Waals surface area contributed by atoms with E-state index in [2.05, 4.69) is 0 Å². The van der Waals surface area contributed by atoms with Crippen molar-refractivity contribution < 1.29 is 19.0 Å². The van der Waals surface area contributed by atoms with Gasteiger partial charge in [-0.3, -0.25) is 0 Å². The fourth-order valence-corrected chi connectivity index (χ4v) is 3.11. The van der Waals surface area contributed by atoms with Crippen LogP contribution < -0.4 is 0 Å². The highest BCUT2D eigenvalue weighted by Gasteiger charge is 2.56. The Morgan fingerprint density at radius 1 is 1.12 bits per heavy atom. The van der Waals surface area contributed by atoms with E-state index < -0.39 is 11.9 Å². The van der Waals surface area contributed by atoms with Crippen molar-refractivity contribution in [2.45, 2.75) is 69.2 Å². The van der Waals surface area contributed by atoms with Gasteiger partial charge in [0.15, 0.2) is 12.1 Å². The smallest absolute Gasteiger partial charge is 0.169 e. The first-order chi connectivity index (χ1) is 7.74. The van der Waals surface area contributed by atoms with Gasteiger partial charge in [-0.2, -0.15) is 0 Å². The van der Waals surface area contributed by atoms with Gasteiger partial charge in [0.1, 0.15) is 18.3 Å². The predicted octanol–water partition coefficient (Wildman–Crippen LogP) is 1.42. The Bertz CT molecular complexity index is 285. The lowest BCUT2D eigenvalue weighted by atomic mass is 9.94. The van der Waals surface area contributed by atoms with Gasteiger partial charge in [0.25, 0.3) is 0 Å². The molecule has 0 aromatic carbocycles. The number of hydrogen-bond acceptors (Lipinski definition) is 4. The van der Waals surface area contributed by atoms with Crippen LogP contribution in [0, 0.1) is 0 Å². The number of ether oxygens (including phenoxy) is 3. The van der Waals surface area contributed by atoms with Gasteiger partial charge in [-0.25, -0.2) is 0 Å². The minimum atomic E-state index is -0.443. The topological polar surface area (TPSA) is 44.8 Å². The lowest BCUT2D eigenvalue weighted by Crippen LogP contribution is -2.37. The van der Waals surface area contributed by atoms with Gasteiger partial charge < -0.3 is 19.0 Å². The molecule has 90 valence electrons. The lowest BCUT2D eigenvalue weighted by Gasteiger charge is -2.33. The van der Waals surface area contributed by atoms with Crippen molar-refractivity contribution in [3.8, 4) is 0 Å². The predicted molar refractivity (Wildman–Crippen MR) is 56.0 cm³/mol. The second kappa shape index (κ2) is 3.79. The highest BCUT2D eigenvalue weighted by molar-refractivity contribution is 5.58. The molecule has 3 fully saturated rings. The third kappa shape index (κ3) is 1.51. The van der Waals surface area contributed by atoms with Gasteiger partial charge in [0, 0.05) is 12.8 Å². The van der Waals surface area contributed by atoms with E-state index in [4.69, 9.17) is 14.2 Å². The van der Waals surface area contributed by atoms with E-state index in [0.29, 0.717) is 0 Å². The second-order valence-corrected chi connectivity index (χ2v) is 5.08. The van der Waals surface area contributed by atoms with E-state index in [-0.39, 0.29) is 18.3 Å². The fraction of sp³-hybridized carbons (Fsp3) is 0.917. The van der Waals surface area contributed by atoms with Crippen LogP contribution in [-0.2, 0) is 19.0 Å². The van der Waals surface area contributed by atoms with Crippen LogP contribution in [0.15, 0.2) is 0 Å². The molecule has 1 saturated carbocycles. The van der Waals surface area contributed by atoms with E-state index in [9.17, 15) is 4.79 Å². The monoisotopic (exact) mass is 226 g/mol. The van der Waals surface area contributed by atoms with E-state index in [1.165, 1.54) is 6.42 Å². The van der Waals surface area contributed by atoms with Crippen molar-refractivity contribution in [3.05, 3.63) is 0 Å². The molecule has 0 aromatic rings. The number of hydrogen-bond donors (Lipinski definition) is 0. The van der Waals surface area contributed by atoms with Gasteiger partial charge in [-0.1, -0.05) is 6.42 Å². The van der Waals surface area contributed by atoms with Crippen LogP contribution in [0.1, 0.15) is 39.0 Å². The summed E-state index contributed by atoms with van der Waals surface area (Å²) in [5.74, 6) is -0.410. The van der Waals surface area contributed by atoms with Gasteiger partial charge in [0.05, 0.1) is 6.10 Å². The zero-order chi connectivity index (χ0) is 11.2. The summed E-state index contributed by atoms with van der Waals surface area (Å²) in [4.78, 5) is 10.9. The Kier molecular flexibility index (Phi) is 2.53. The average Bonchev–Trinajstić information content (AvgIpc) is 2.78. The summed E-state index contributed by atoms with van der Waals surface area (Å²) in [5, 5.41) is 0. The molecule has 16 heavy (non-hydrogen) atoms. The zero-order valence-corrected chi connectivity index (χ0v) is 9.56. The molecule has 3 aliphatic rings. The Hall–Kier alpha value is -0.450. The Morgan fingerprint density at radius 2 is 1.81 bits per heavy atom. The van der Waals surface area contributed by atoms with Crippen LogP contribution in [0.2, 0.25) is 0 Å². The number of rotatable bonds is 1.